The smallest absolute Gasteiger partial charge is 0.337 e. The highest BCUT2D eigenvalue weighted by Crippen LogP contribution is 2.40. The number of benzene rings is 2. The van der Waals surface area contributed by atoms with Gasteiger partial charge in [0.05, 0.1) is 31.4 Å². The van der Waals surface area contributed by atoms with E-state index >= 15 is 0 Å². The zero-order valence-corrected chi connectivity index (χ0v) is 24.7. The average molecular weight is 548 g/mol. The van der Waals surface area contributed by atoms with E-state index in [2.05, 4.69) is 39.9 Å². The van der Waals surface area contributed by atoms with Crippen LogP contribution in [0.5, 0.6) is 11.5 Å². The number of carbonyl (C=O) groups is 2. The molecular weight excluding hydrogens is 506 g/mol. The maximum Gasteiger partial charge on any atom is 0.337 e. The Bertz CT molecular complexity index is 1090. The number of methoxy groups -OCH3 is 2. The fraction of sp³-hybridized carbons (Fsp3) is 0.533. The second-order valence-electron chi connectivity index (χ2n) is 10.7. The number of hydrogen-bond donors (Lipinski definition) is 1. The third-order valence-corrected chi connectivity index (χ3v) is 6.42. The van der Waals surface area contributed by atoms with Crippen LogP contribution in [-0.4, -0.2) is 45.9 Å². The lowest BCUT2D eigenvalue weighted by Crippen LogP contribution is -2.21. The Hall–Kier alpha value is -2.77. The van der Waals surface area contributed by atoms with Crippen LogP contribution in [0.4, 0.5) is 5.69 Å². The molecule has 2 rings (SSSR count). The van der Waals surface area contributed by atoms with E-state index in [0.717, 1.165) is 17.5 Å². The van der Waals surface area contributed by atoms with Crippen molar-refractivity contribution in [2.75, 3.05) is 39.4 Å². The largest absolute Gasteiger partial charge is 0.496 e. The molecule has 7 nitrogen and oxygen atoms in total. The van der Waals surface area contributed by atoms with Crippen LogP contribution in [0.15, 0.2) is 30.3 Å². The Balaban J connectivity index is 2.36. The van der Waals surface area contributed by atoms with Crippen LogP contribution in [0.2, 0.25) is 5.02 Å². The standard InChI is InChI=1S/C30H42ClNO6/c1-9-37-12-13-38-27-18-26(35-7)22(17-24(27)31)21(14-19(2)3)16-28(33)32-25-15-20(29(34)36-8)10-11-23(25)30(4,5)6/h10-11,15,17-19,21H,9,12-14,16H2,1-8H3,(H,32,33). The molecule has 0 saturated heterocycles. The zero-order valence-electron chi connectivity index (χ0n) is 23.9. The minimum absolute atomic E-state index is 0.151. The molecule has 2 aromatic carbocycles. The molecule has 0 saturated carbocycles. The van der Waals surface area contributed by atoms with Gasteiger partial charge in [-0.05, 0) is 59.9 Å². The van der Waals surface area contributed by atoms with Gasteiger partial charge in [-0.2, -0.15) is 0 Å². The molecule has 1 unspecified atom stereocenters. The lowest BCUT2D eigenvalue weighted by molar-refractivity contribution is -0.116. The van der Waals surface area contributed by atoms with Crippen LogP contribution in [0, 0.1) is 5.92 Å². The van der Waals surface area contributed by atoms with Gasteiger partial charge in [0.2, 0.25) is 5.91 Å². The monoisotopic (exact) mass is 547 g/mol. The van der Waals surface area contributed by atoms with Crippen LogP contribution in [0.3, 0.4) is 0 Å². The molecule has 2 aromatic rings. The SMILES string of the molecule is CCOCCOc1cc(OC)c(C(CC(=O)Nc2cc(C(=O)OC)ccc2C(C)(C)C)CC(C)C)cc1Cl. The molecule has 1 amide bonds. The van der Waals surface area contributed by atoms with Crippen LogP contribution in [-0.2, 0) is 19.7 Å². The van der Waals surface area contributed by atoms with Gasteiger partial charge in [0.15, 0.2) is 0 Å². The molecule has 0 spiro atoms. The van der Waals surface area contributed by atoms with Gasteiger partial charge in [-0.1, -0.05) is 52.3 Å². The van der Waals surface area contributed by atoms with Gasteiger partial charge in [0.25, 0.3) is 0 Å². The molecule has 0 fully saturated rings. The number of esters is 1. The highest BCUT2D eigenvalue weighted by molar-refractivity contribution is 6.32. The number of ether oxygens (including phenoxy) is 4. The number of amides is 1. The van der Waals surface area contributed by atoms with E-state index in [1.165, 1.54) is 7.11 Å². The summed E-state index contributed by atoms with van der Waals surface area (Å²) in [6, 6.07) is 8.85. The van der Waals surface area contributed by atoms with E-state index in [0.29, 0.717) is 53.5 Å². The fourth-order valence-corrected chi connectivity index (χ4v) is 4.60. The fourth-order valence-electron chi connectivity index (χ4n) is 4.37. The van der Waals surface area contributed by atoms with Crippen molar-refractivity contribution < 1.29 is 28.5 Å². The summed E-state index contributed by atoms with van der Waals surface area (Å²) in [6.45, 7) is 13.8. The molecule has 1 atom stereocenters. The van der Waals surface area contributed by atoms with E-state index in [9.17, 15) is 9.59 Å². The molecule has 0 aliphatic rings. The predicted molar refractivity (Wildman–Crippen MR) is 152 cm³/mol. The van der Waals surface area contributed by atoms with E-state index in [-0.39, 0.29) is 23.7 Å². The van der Waals surface area contributed by atoms with E-state index < -0.39 is 5.97 Å². The molecule has 0 aliphatic heterocycles. The summed E-state index contributed by atoms with van der Waals surface area (Å²) in [7, 11) is 2.93. The Kier molecular flexibility index (Phi) is 11.9. The predicted octanol–water partition coefficient (Wildman–Crippen LogP) is 7.01. The number of anilines is 1. The van der Waals surface area contributed by atoms with E-state index in [4.69, 9.17) is 30.5 Å². The van der Waals surface area contributed by atoms with Crippen LogP contribution in [0.25, 0.3) is 0 Å². The number of hydrogen-bond acceptors (Lipinski definition) is 6. The summed E-state index contributed by atoms with van der Waals surface area (Å²) < 4.78 is 21.7. The van der Waals surface area contributed by atoms with Crippen molar-refractivity contribution in [1.82, 2.24) is 0 Å². The molecule has 0 aliphatic carbocycles. The maximum absolute atomic E-state index is 13.4. The van der Waals surface area contributed by atoms with Gasteiger partial charge in [-0.15, -0.1) is 0 Å². The summed E-state index contributed by atoms with van der Waals surface area (Å²) in [5.74, 6) is 0.671. The summed E-state index contributed by atoms with van der Waals surface area (Å²) in [4.78, 5) is 25.6. The molecule has 8 heteroatoms. The van der Waals surface area contributed by atoms with Crippen molar-refractivity contribution in [3.8, 4) is 11.5 Å². The van der Waals surface area contributed by atoms with Gasteiger partial charge in [-0.25, -0.2) is 4.79 Å². The molecule has 0 heterocycles. The minimum Gasteiger partial charge on any atom is -0.496 e. The lowest BCUT2D eigenvalue weighted by atomic mass is 9.84. The first-order valence-corrected chi connectivity index (χ1v) is 13.4. The number of rotatable bonds is 13. The third-order valence-electron chi connectivity index (χ3n) is 6.12. The van der Waals surface area contributed by atoms with Crippen molar-refractivity contribution >= 4 is 29.2 Å². The first kappa shape index (κ1) is 31.4. The van der Waals surface area contributed by atoms with Gasteiger partial charge in [-0.3, -0.25) is 4.79 Å². The van der Waals surface area contributed by atoms with Crippen molar-refractivity contribution in [1.29, 1.82) is 0 Å². The molecular formula is C30H42ClNO6. The molecule has 38 heavy (non-hydrogen) atoms. The second-order valence-corrected chi connectivity index (χ2v) is 11.1. The van der Waals surface area contributed by atoms with Crippen molar-refractivity contribution in [3.05, 3.63) is 52.0 Å². The molecule has 210 valence electrons. The summed E-state index contributed by atoms with van der Waals surface area (Å²) in [5.41, 5.74) is 2.49. The van der Waals surface area contributed by atoms with E-state index in [1.807, 2.05) is 19.1 Å². The summed E-state index contributed by atoms with van der Waals surface area (Å²) >= 11 is 6.58. The van der Waals surface area contributed by atoms with Crippen LogP contribution >= 0.6 is 11.6 Å². The minimum atomic E-state index is -0.457. The quantitative estimate of drug-likeness (QED) is 0.214. The Morgan fingerprint density at radius 3 is 2.32 bits per heavy atom. The Labute approximate surface area is 232 Å². The number of nitrogens with one attached hydrogen (secondary N) is 1. The average Bonchev–Trinajstić information content (AvgIpc) is 2.85. The first-order chi connectivity index (χ1) is 17.9. The zero-order chi connectivity index (χ0) is 28.5. The Morgan fingerprint density at radius 2 is 1.74 bits per heavy atom. The van der Waals surface area contributed by atoms with Gasteiger partial charge < -0.3 is 24.3 Å². The van der Waals surface area contributed by atoms with Crippen LogP contribution < -0.4 is 14.8 Å². The number of carbonyl (C=O) groups excluding carboxylic acids is 2. The summed E-state index contributed by atoms with van der Waals surface area (Å²) in [5, 5.41) is 3.51. The molecule has 1 N–H and O–H groups in total. The van der Waals surface area contributed by atoms with Gasteiger partial charge in [0.1, 0.15) is 18.1 Å². The molecule has 0 radical (unpaired) electrons. The number of halogens is 1. The highest BCUT2D eigenvalue weighted by Gasteiger charge is 2.25. The molecule has 0 aromatic heterocycles. The van der Waals surface area contributed by atoms with Gasteiger partial charge >= 0.3 is 5.97 Å². The molecule has 0 bridgehead atoms. The topological polar surface area (TPSA) is 83.1 Å². The van der Waals surface area contributed by atoms with Crippen LogP contribution in [0.1, 0.15) is 81.8 Å². The van der Waals surface area contributed by atoms with Gasteiger partial charge in [0, 0.05) is 24.8 Å². The first-order valence-electron chi connectivity index (χ1n) is 13.0. The van der Waals surface area contributed by atoms with Crippen molar-refractivity contribution in [3.63, 3.8) is 0 Å². The van der Waals surface area contributed by atoms with E-state index in [1.54, 1.807) is 25.3 Å². The summed E-state index contributed by atoms with van der Waals surface area (Å²) in [6.07, 6.45) is 0.959. The lowest BCUT2D eigenvalue weighted by Gasteiger charge is -2.25. The normalized spacial score (nSPS) is 12.3. The second kappa shape index (κ2) is 14.4. The third kappa shape index (κ3) is 8.91. The van der Waals surface area contributed by atoms with Crippen molar-refractivity contribution in [2.45, 2.75) is 65.7 Å². The highest BCUT2D eigenvalue weighted by atomic mass is 35.5. The maximum atomic E-state index is 13.4. The Morgan fingerprint density at radius 1 is 1.03 bits per heavy atom. The van der Waals surface area contributed by atoms with Crippen molar-refractivity contribution in [2.24, 2.45) is 5.92 Å².